The van der Waals surface area contributed by atoms with Crippen LogP contribution in [-0.4, -0.2) is 24.1 Å². The van der Waals surface area contributed by atoms with Crippen LogP contribution in [0.25, 0.3) is 5.57 Å². The molecule has 0 aliphatic heterocycles. The molecule has 0 aromatic heterocycles. The molecule has 0 bridgehead atoms. The average molecular weight is 221 g/mol. The minimum atomic E-state index is -1.26. The third kappa shape index (κ3) is 2.38. The van der Waals surface area contributed by atoms with Crippen LogP contribution < -0.4 is 5.73 Å². The molecule has 5 nitrogen and oxygen atoms in total. The summed E-state index contributed by atoms with van der Waals surface area (Å²) in [4.78, 5) is 22.1. The van der Waals surface area contributed by atoms with E-state index in [0.717, 1.165) is 0 Å². The SMILES string of the molecule is CO/C(C(N)=O)=C(/C(=O)O)c1ccccc1. The molecule has 0 fully saturated rings. The molecular formula is C11H11NO4. The van der Waals surface area contributed by atoms with E-state index in [9.17, 15) is 9.59 Å². The lowest BCUT2D eigenvalue weighted by atomic mass is 10.0. The number of carboxylic acid groups (broad SMARTS) is 1. The normalized spacial score (nSPS) is 11.6. The summed E-state index contributed by atoms with van der Waals surface area (Å²) >= 11 is 0. The van der Waals surface area contributed by atoms with E-state index in [1.807, 2.05) is 0 Å². The zero-order chi connectivity index (χ0) is 12.1. The van der Waals surface area contributed by atoms with Crippen LogP contribution >= 0.6 is 0 Å². The van der Waals surface area contributed by atoms with Gasteiger partial charge in [-0.1, -0.05) is 30.3 Å². The molecule has 1 aromatic rings. The standard InChI is InChI=1S/C11H11NO4/c1-16-9(10(12)13)8(11(14)15)7-5-3-2-4-6-7/h2-6H,1H3,(H2,12,13)(H,14,15)/b9-8+. The molecule has 0 atom stereocenters. The number of carboxylic acids is 1. The Morgan fingerprint density at radius 2 is 1.81 bits per heavy atom. The minimum Gasteiger partial charge on any atom is -0.490 e. The number of hydrogen-bond donors (Lipinski definition) is 2. The van der Waals surface area contributed by atoms with E-state index < -0.39 is 11.9 Å². The van der Waals surface area contributed by atoms with Gasteiger partial charge in [0.05, 0.1) is 7.11 Å². The van der Waals surface area contributed by atoms with Crippen molar-refractivity contribution in [2.75, 3.05) is 7.11 Å². The minimum absolute atomic E-state index is 0.240. The summed E-state index contributed by atoms with van der Waals surface area (Å²) < 4.78 is 4.71. The lowest BCUT2D eigenvalue weighted by Gasteiger charge is -2.08. The van der Waals surface area contributed by atoms with Crippen LogP contribution in [0.15, 0.2) is 36.1 Å². The Bertz CT molecular complexity index is 437. The Labute approximate surface area is 92.1 Å². The molecule has 5 heteroatoms. The van der Waals surface area contributed by atoms with Crippen LogP contribution in [0.1, 0.15) is 5.56 Å². The summed E-state index contributed by atoms with van der Waals surface area (Å²) in [6.45, 7) is 0. The average Bonchev–Trinajstić information content (AvgIpc) is 2.25. The Morgan fingerprint density at radius 3 is 2.19 bits per heavy atom. The Kier molecular flexibility index (Phi) is 3.66. The van der Waals surface area contributed by atoms with Gasteiger partial charge in [-0.3, -0.25) is 4.79 Å². The summed E-state index contributed by atoms with van der Waals surface area (Å²) in [5, 5.41) is 9.03. The number of carbonyl (C=O) groups is 2. The van der Waals surface area contributed by atoms with Crippen LogP contribution in [0.4, 0.5) is 0 Å². The predicted octanol–water partition coefficient (Wildman–Crippen LogP) is 0.614. The van der Waals surface area contributed by atoms with Gasteiger partial charge in [0.25, 0.3) is 5.91 Å². The molecule has 1 rings (SSSR count). The number of nitrogens with two attached hydrogens (primary N) is 1. The zero-order valence-electron chi connectivity index (χ0n) is 8.64. The summed E-state index contributed by atoms with van der Waals surface area (Å²) in [7, 11) is 1.20. The van der Waals surface area contributed by atoms with Crippen molar-refractivity contribution in [2.24, 2.45) is 5.73 Å². The van der Waals surface area contributed by atoms with E-state index >= 15 is 0 Å². The van der Waals surface area contributed by atoms with E-state index in [1.54, 1.807) is 30.3 Å². The highest BCUT2D eigenvalue weighted by molar-refractivity contribution is 6.21. The van der Waals surface area contributed by atoms with Crippen molar-refractivity contribution in [3.8, 4) is 0 Å². The van der Waals surface area contributed by atoms with Crippen molar-refractivity contribution in [3.63, 3.8) is 0 Å². The van der Waals surface area contributed by atoms with Gasteiger partial charge in [-0.25, -0.2) is 4.79 Å². The molecule has 84 valence electrons. The second-order valence-corrected chi connectivity index (χ2v) is 2.94. The van der Waals surface area contributed by atoms with Gasteiger partial charge < -0.3 is 15.6 Å². The van der Waals surface area contributed by atoms with Crippen LogP contribution in [-0.2, 0) is 14.3 Å². The fourth-order valence-electron chi connectivity index (χ4n) is 1.28. The molecule has 0 spiro atoms. The maximum Gasteiger partial charge on any atom is 0.340 e. The van der Waals surface area contributed by atoms with Crippen molar-refractivity contribution >= 4 is 17.4 Å². The fourth-order valence-corrected chi connectivity index (χ4v) is 1.28. The maximum absolute atomic E-state index is 11.1. The van der Waals surface area contributed by atoms with Gasteiger partial charge in [-0.2, -0.15) is 0 Å². The molecule has 16 heavy (non-hydrogen) atoms. The van der Waals surface area contributed by atoms with Gasteiger partial charge in [0.2, 0.25) is 0 Å². The van der Waals surface area contributed by atoms with Crippen molar-refractivity contribution in [2.45, 2.75) is 0 Å². The lowest BCUT2D eigenvalue weighted by Crippen LogP contribution is -2.19. The molecule has 0 unspecified atom stereocenters. The molecular weight excluding hydrogens is 210 g/mol. The van der Waals surface area contributed by atoms with Crippen molar-refractivity contribution in [1.29, 1.82) is 0 Å². The quantitative estimate of drug-likeness (QED) is 0.576. The molecule has 1 amide bonds. The fraction of sp³-hybridized carbons (Fsp3) is 0.0909. The lowest BCUT2D eigenvalue weighted by molar-refractivity contribution is -0.131. The highest BCUT2D eigenvalue weighted by Gasteiger charge is 2.21. The number of primary amides is 1. The predicted molar refractivity (Wildman–Crippen MR) is 57.2 cm³/mol. The molecule has 1 aromatic carbocycles. The second kappa shape index (κ2) is 4.97. The Hall–Kier alpha value is -2.30. The monoisotopic (exact) mass is 221 g/mol. The van der Waals surface area contributed by atoms with Gasteiger partial charge in [0.1, 0.15) is 5.57 Å². The van der Waals surface area contributed by atoms with Crippen LogP contribution in [0.3, 0.4) is 0 Å². The summed E-state index contributed by atoms with van der Waals surface area (Å²) in [6.07, 6.45) is 0. The van der Waals surface area contributed by atoms with Crippen LogP contribution in [0.2, 0.25) is 0 Å². The number of carbonyl (C=O) groups excluding carboxylic acids is 1. The van der Waals surface area contributed by atoms with Gasteiger partial charge in [-0.05, 0) is 5.56 Å². The number of amides is 1. The topological polar surface area (TPSA) is 89.6 Å². The first-order chi connectivity index (χ1) is 7.57. The van der Waals surface area contributed by atoms with Crippen molar-refractivity contribution in [3.05, 3.63) is 41.7 Å². The van der Waals surface area contributed by atoms with Crippen LogP contribution in [0, 0.1) is 0 Å². The number of benzene rings is 1. The first-order valence-electron chi connectivity index (χ1n) is 4.44. The van der Waals surface area contributed by atoms with Crippen LogP contribution in [0.5, 0.6) is 0 Å². The van der Waals surface area contributed by atoms with Crippen molar-refractivity contribution in [1.82, 2.24) is 0 Å². The van der Waals surface area contributed by atoms with Gasteiger partial charge in [-0.15, -0.1) is 0 Å². The molecule has 0 aliphatic rings. The number of hydrogen-bond acceptors (Lipinski definition) is 3. The number of ether oxygens (including phenoxy) is 1. The molecule has 0 heterocycles. The summed E-state index contributed by atoms with van der Waals surface area (Å²) in [5.74, 6) is -2.54. The second-order valence-electron chi connectivity index (χ2n) is 2.94. The highest BCUT2D eigenvalue weighted by Crippen LogP contribution is 2.19. The molecule has 0 aliphatic carbocycles. The highest BCUT2D eigenvalue weighted by atomic mass is 16.5. The van der Waals surface area contributed by atoms with Gasteiger partial charge in [0.15, 0.2) is 5.76 Å². The van der Waals surface area contributed by atoms with Gasteiger partial charge >= 0.3 is 5.97 Å². The smallest absolute Gasteiger partial charge is 0.340 e. The molecule has 0 saturated heterocycles. The van der Waals surface area contributed by atoms with E-state index in [0.29, 0.717) is 5.56 Å². The molecule has 3 N–H and O–H groups in total. The van der Waals surface area contributed by atoms with Gasteiger partial charge in [0, 0.05) is 0 Å². The Morgan fingerprint density at radius 1 is 1.25 bits per heavy atom. The van der Waals surface area contributed by atoms with E-state index in [2.05, 4.69) is 0 Å². The third-order valence-corrected chi connectivity index (χ3v) is 1.93. The molecule has 0 saturated carbocycles. The zero-order valence-corrected chi connectivity index (χ0v) is 8.64. The number of methoxy groups -OCH3 is 1. The number of aliphatic carboxylic acids is 1. The molecule has 0 radical (unpaired) electrons. The van der Waals surface area contributed by atoms with E-state index in [4.69, 9.17) is 15.6 Å². The first-order valence-corrected chi connectivity index (χ1v) is 4.44. The Balaban J connectivity index is 3.40. The third-order valence-electron chi connectivity index (χ3n) is 1.93. The largest absolute Gasteiger partial charge is 0.490 e. The summed E-state index contributed by atoms with van der Waals surface area (Å²) in [5.41, 5.74) is 5.16. The van der Waals surface area contributed by atoms with E-state index in [-0.39, 0.29) is 11.3 Å². The number of rotatable bonds is 4. The van der Waals surface area contributed by atoms with Crippen molar-refractivity contribution < 1.29 is 19.4 Å². The van der Waals surface area contributed by atoms with E-state index in [1.165, 1.54) is 7.11 Å². The summed E-state index contributed by atoms with van der Waals surface area (Å²) in [6, 6.07) is 8.18. The maximum atomic E-state index is 11.1. The first kappa shape index (κ1) is 11.8.